The van der Waals surface area contributed by atoms with Gasteiger partial charge in [-0.3, -0.25) is 4.79 Å². The lowest BCUT2D eigenvalue weighted by atomic mass is 10.00. The second kappa shape index (κ2) is 7.86. The first-order chi connectivity index (χ1) is 12.4. The van der Waals surface area contributed by atoms with Crippen molar-refractivity contribution < 1.29 is 4.79 Å². The van der Waals surface area contributed by atoms with Crippen molar-refractivity contribution in [2.24, 2.45) is 0 Å². The number of hydrogen-bond donors (Lipinski definition) is 0. The van der Waals surface area contributed by atoms with Gasteiger partial charge in [0.1, 0.15) is 0 Å². The van der Waals surface area contributed by atoms with Crippen molar-refractivity contribution in [2.45, 2.75) is 52.4 Å². The summed E-state index contributed by atoms with van der Waals surface area (Å²) in [6, 6.07) is 17.1. The van der Waals surface area contributed by atoms with Gasteiger partial charge in [-0.1, -0.05) is 76.2 Å². The second-order valence-corrected chi connectivity index (χ2v) is 7.81. The largest absolute Gasteiger partial charge is 0.289 e. The highest BCUT2D eigenvalue weighted by molar-refractivity contribution is 6.15. The second-order valence-electron chi connectivity index (χ2n) is 7.81. The SMILES string of the molecule is CC(C)c1ccc(C=C2CCC(=Cc3ccc(C(C)C)cc3)C2=O)cc1. The van der Waals surface area contributed by atoms with Crippen molar-refractivity contribution >= 4 is 17.9 Å². The third-order valence-electron chi connectivity index (χ3n) is 5.14. The first-order valence-electron chi connectivity index (χ1n) is 9.60. The topological polar surface area (TPSA) is 17.1 Å². The van der Waals surface area contributed by atoms with Crippen LogP contribution in [0, 0.1) is 0 Å². The maximum absolute atomic E-state index is 12.7. The van der Waals surface area contributed by atoms with Crippen molar-refractivity contribution in [1.82, 2.24) is 0 Å². The molecule has 0 bridgehead atoms. The maximum atomic E-state index is 12.7. The predicted molar refractivity (Wildman–Crippen MR) is 111 cm³/mol. The average Bonchev–Trinajstić information content (AvgIpc) is 2.96. The minimum atomic E-state index is 0.200. The van der Waals surface area contributed by atoms with Crippen LogP contribution in [-0.2, 0) is 4.79 Å². The third-order valence-corrected chi connectivity index (χ3v) is 5.14. The zero-order valence-corrected chi connectivity index (χ0v) is 16.3. The summed E-state index contributed by atoms with van der Waals surface area (Å²) in [5, 5.41) is 0. The van der Waals surface area contributed by atoms with E-state index in [9.17, 15) is 4.79 Å². The van der Waals surface area contributed by atoms with Crippen LogP contribution in [0.2, 0.25) is 0 Å². The fraction of sp³-hybridized carbons (Fsp3) is 0.320. The minimum Gasteiger partial charge on any atom is -0.289 e. The van der Waals surface area contributed by atoms with Gasteiger partial charge in [0, 0.05) is 11.1 Å². The van der Waals surface area contributed by atoms with Crippen LogP contribution in [0.25, 0.3) is 12.2 Å². The van der Waals surface area contributed by atoms with Crippen molar-refractivity contribution in [1.29, 1.82) is 0 Å². The van der Waals surface area contributed by atoms with Gasteiger partial charge >= 0.3 is 0 Å². The van der Waals surface area contributed by atoms with Crippen LogP contribution < -0.4 is 0 Å². The molecule has 1 saturated carbocycles. The molecule has 1 nitrogen and oxygen atoms in total. The Morgan fingerprint density at radius 2 is 1.00 bits per heavy atom. The van der Waals surface area contributed by atoms with Gasteiger partial charge in [-0.05, 0) is 59.1 Å². The maximum Gasteiger partial charge on any atom is 0.185 e. The van der Waals surface area contributed by atoms with Gasteiger partial charge in [-0.2, -0.15) is 0 Å². The smallest absolute Gasteiger partial charge is 0.185 e. The summed E-state index contributed by atoms with van der Waals surface area (Å²) in [6.45, 7) is 8.77. The molecule has 1 heteroatoms. The molecule has 2 aromatic rings. The zero-order chi connectivity index (χ0) is 18.7. The van der Waals surface area contributed by atoms with Crippen LogP contribution in [0.1, 0.15) is 74.6 Å². The highest BCUT2D eigenvalue weighted by Crippen LogP contribution is 2.30. The fourth-order valence-electron chi connectivity index (χ4n) is 3.33. The number of benzene rings is 2. The normalized spacial score (nSPS) is 17.8. The molecule has 0 aromatic heterocycles. The molecule has 0 atom stereocenters. The van der Waals surface area contributed by atoms with Crippen molar-refractivity contribution in [3.05, 3.63) is 81.9 Å². The molecule has 0 N–H and O–H groups in total. The van der Waals surface area contributed by atoms with E-state index in [1.54, 1.807) is 0 Å². The van der Waals surface area contributed by atoms with E-state index in [0.717, 1.165) is 35.1 Å². The molecule has 0 heterocycles. The summed E-state index contributed by atoms with van der Waals surface area (Å²) in [5.41, 5.74) is 6.73. The van der Waals surface area contributed by atoms with Gasteiger partial charge < -0.3 is 0 Å². The highest BCUT2D eigenvalue weighted by Gasteiger charge is 2.22. The van der Waals surface area contributed by atoms with E-state index in [-0.39, 0.29) is 5.78 Å². The monoisotopic (exact) mass is 344 g/mol. The van der Waals surface area contributed by atoms with Gasteiger partial charge in [0.25, 0.3) is 0 Å². The van der Waals surface area contributed by atoms with Crippen molar-refractivity contribution in [3.63, 3.8) is 0 Å². The number of ketones is 1. The standard InChI is InChI=1S/C25H28O/c1-17(2)21-9-5-19(6-10-21)15-23-13-14-24(25(23)26)16-20-7-11-22(12-8-20)18(3)4/h5-12,15-18H,13-14H2,1-4H3. The zero-order valence-electron chi connectivity index (χ0n) is 16.3. The van der Waals surface area contributed by atoms with E-state index in [1.165, 1.54) is 11.1 Å². The van der Waals surface area contributed by atoms with Gasteiger partial charge in [0.2, 0.25) is 0 Å². The molecule has 134 valence electrons. The number of carbonyl (C=O) groups is 1. The Morgan fingerprint density at radius 3 is 1.31 bits per heavy atom. The molecule has 1 aliphatic rings. The first kappa shape index (κ1) is 18.4. The van der Waals surface area contributed by atoms with E-state index in [4.69, 9.17) is 0 Å². The Balaban J connectivity index is 1.76. The lowest BCUT2D eigenvalue weighted by molar-refractivity contribution is -0.111. The van der Waals surface area contributed by atoms with Gasteiger partial charge in [0.15, 0.2) is 5.78 Å². The summed E-state index contributed by atoms with van der Waals surface area (Å²) >= 11 is 0. The van der Waals surface area contributed by atoms with Gasteiger partial charge in [-0.15, -0.1) is 0 Å². The number of rotatable bonds is 4. The summed E-state index contributed by atoms with van der Waals surface area (Å²) in [4.78, 5) is 12.7. The molecule has 0 saturated heterocycles. The average molecular weight is 344 g/mol. The number of allylic oxidation sites excluding steroid dienone is 2. The Morgan fingerprint density at radius 1 is 0.654 bits per heavy atom. The Labute approximate surface area is 157 Å². The van der Waals surface area contributed by atoms with E-state index < -0.39 is 0 Å². The molecule has 0 unspecified atom stereocenters. The van der Waals surface area contributed by atoms with E-state index in [2.05, 4.69) is 88.4 Å². The highest BCUT2D eigenvalue weighted by atomic mass is 16.1. The number of hydrogen-bond acceptors (Lipinski definition) is 1. The molecule has 3 rings (SSSR count). The Kier molecular flexibility index (Phi) is 5.56. The number of Topliss-reactive ketones (excluding diaryl/α,β-unsaturated/α-hetero) is 1. The van der Waals surface area contributed by atoms with Crippen LogP contribution in [-0.4, -0.2) is 5.78 Å². The van der Waals surface area contributed by atoms with Crippen LogP contribution in [0.5, 0.6) is 0 Å². The lowest BCUT2D eigenvalue weighted by Gasteiger charge is -2.05. The van der Waals surface area contributed by atoms with Gasteiger partial charge in [0.05, 0.1) is 0 Å². The molecule has 26 heavy (non-hydrogen) atoms. The summed E-state index contributed by atoms with van der Waals surface area (Å²) < 4.78 is 0. The summed E-state index contributed by atoms with van der Waals surface area (Å²) in [5.74, 6) is 1.26. The predicted octanol–water partition coefficient (Wildman–Crippen LogP) is 6.76. The van der Waals surface area contributed by atoms with Gasteiger partial charge in [-0.25, -0.2) is 0 Å². The lowest BCUT2D eigenvalue weighted by Crippen LogP contribution is -1.96. The first-order valence-corrected chi connectivity index (χ1v) is 9.60. The molecular formula is C25H28O. The minimum absolute atomic E-state index is 0.200. The molecule has 0 amide bonds. The molecule has 0 aliphatic heterocycles. The molecule has 0 spiro atoms. The van der Waals surface area contributed by atoms with Crippen LogP contribution in [0.15, 0.2) is 59.7 Å². The molecule has 1 fully saturated rings. The van der Waals surface area contributed by atoms with Crippen molar-refractivity contribution in [3.8, 4) is 0 Å². The third kappa shape index (κ3) is 4.22. The molecule has 1 aliphatic carbocycles. The van der Waals surface area contributed by atoms with E-state index >= 15 is 0 Å². The van der Waals surface area contributed by atoms with Crippen molar-refractivity contribution in [2.75, 3.05) is 0 Å². The molecule has 2 aromatic carbocycles. The Hall–Kier alpha value is -2.41. The molecule has 0 radical (unpaired) electrons. The fourth-order valence-corrected chi connectivity index (χ4v) is 3.33. The van der Waals surface area contributed by atoms with Crippen LogP contribution in [0.4, 0.5) is 0 Å². The Bertz CT molecular complexity index is 759. The van der Waals surface area contributed by atoms with E-state index in [0.29, 0.717) is 11.8 Å². The quantitative estimate of drug-likeness (QED) is 0.560. The summed E-state index contributed by atoms with van der Waals surface area (Å²) in [6.07, 6.45) is 5.77. The molecular weight excluding hydrogens is 316 g/mol. The van der Waals surface area contributed by atoms with Crippen LogP contribution >= 0.6 is 0 Å². The van der Waals surface area contributed by atoms with Crippen LogP contribution in [0.3, 0.4) is 0 Å². The van der Waals surface area contributed by atoms with E-state index in [1.807, 2.05) is 0 Å². The summed E-state index contributed by atoms with van der Waals surface area (Å²) in [7, 11) is 0. The number of carbonyl (C=O) groups excluding carboxylic acids is 1.